The smallest absolute Gasteiger partial charge is 0.00614 e. The van der Waals surface area contributed by atoms with Gasteiger partial charge in [0.25, 0.3) is 0 Å². The van der Waals surface area contributed by atoms with E-state index in [-0.39, 0.29) is 0 Å². The van der Waals surface area contributed by atoms with E-state index in [1.54, 1.807) is 0 Å². The summed E-state index contributed by atoms with van der Waals surface area (Å²) in [4.78, 5) is 0. The van der Waals surface area contributed by atoms with Gasteiger partial charge in [-0.2, -0.15) is 0 Å². The van der Waals surface area contributed by atoms with Crippen LogP contribution in [0.15, 0.2) is 24.3 Å². The molecule has 0 heteroatoms. The van der Waals surface area contributed by atoms with E-state index >= 15 is 0 Å². The van der Waals surface area contributed by atoms with Crippen molar-refractivity contribution in [2.75, 3.05) is 0 Å². The molecule has 2 rings (SSSR count). The van der Waals surface area contributed by atoms with Crippen LogP contribution in [-0.4, -0.2) is 0 Å². The molecule has 0 atom stereocenters. The van der Waals surface area contributed by atoms with Crippen LogP contribution in [0.2, 0.25) is 0 Å². The van der Waals surface area contributed by atoms with E-state index in [0.29, 0.717) is 5.92 Å². The third-order valence-electron chi connectivity index (χ3n) is 4.90. The molecule has 0 bridgehead atoms. The van der Waals surface area contributed by atoms with Gasteiger partial charge in [0, 0.05) is 5.92 Å². The number of rotatable bonds is 2. The van der Waals surface area contributed by atoms with Gasteiger partial charge in [-0.05, 0) is 86.1 Å². The highest BCUT2D eigenvalue weighted by Crippen LogP contribution is 2.29. The zero-order valence-corrected chi connectivity index (χ0v) is 13.9. The largest absolute Gasteiger partial charge is 0.0552 e. The van der Waals surface area contributed by atoms with Crippen LogP contribution in [0.25, 0.3) is 0 Å². The Kier molecular flexibility index (Phi) is 4.04. The molecule has 0 saturated heterocycles. The zero-order valence-electron chi connectivity index (χ0n) is 13.9. The Bertz CT molecular complexity index is 544. The van der Waals surface area contributed by atoms with Crippen LogP contribution in [0.4, 0.5) is 0 Å². The first kappa shape index (κ1) is 14.8. The fourth-order valence-corrected chi connectivity index (χ4v) is 2.83. The van der Waals surface area contributed by atoms with E-state index < -0.39 is 0 Å². The Balaban J connectivity index is 2.49. The molecular weight excluding hydrogens is 240 g/mol. The minimum atomic E-state index is 0.450. The predicted octanol–water partition coefficient (Wildman–Crippen LogP) is 5.69. The molecule has 0 aliphatic carbocycles. The van der Waals surface area contributed by atoms with Gasteiger partial charge in [0.05, 0.1) is 0 Å². The van der Waals surface area contributed by atoms with Crippen molar-refractivity contribution in [3.05, 3.63) is 68.8 Å². The van der Waals surface area contributed by atoms with Crippen molar-refractivity contribution in [2.24, 2.45) is 0 Å². The summed E-state index contributed by atoms with van der Waals surface area (Å²) < 4.78 is 0. The second kappa shape index (κ2) is 5.44. The molecule has 106 valence electrons. The van der Waals surface area contributed by atoms with Gasteiger partial charge in [-0.3, -0.25) is 0 Å². The normalized spacial score (nSPS) is 11.2. The van der Waals surface area contributed by atoms with Crippen LogP contribution in [0.3, 0.4) is 0 Å². The number of benzene rings is 2. The molecular formula is C20H26. The molecule has 0 N–H and O–H groups in total. The second-order valence-corrected chi connectivity index (χ2v) is 6.28. The first-order valence-corrected chi connectivity index (χ1v) is 7.46. The van der Waals surface area contributed by atoms with Gasteiger partial charge in [-0.25, -0.2) is 0 Å². The molecule has 0 fully saturated rings. The van der Waals surface area contributed by atoms with Gasteiger partial charge in [0.2, 0.25) is 0 Å². The maximum atomic E-state index is 2.34. The van der Waals surface area contributed by atoms with Crippen molar-refractivity contribution in [1.82, 2.24) is 0 Å². The monoisotopic (exact) mass is 266 g/mol. The van der Waals surface area contributed by atoms with Crippen LogP contribution in [0.1, 0.15) is 57.3 Å². The Morgan fingerprint density at radius 2 is 0.800 bits per heavy atom. The van der Waals surface area contributed by atoms with Gasteiger partial charge in [0.15, 0.2) is 0 Å². The van der Waals surface area contributed by atoms with E-state index in [1.807, 2.05) is 0 Å². The first-order chi connectivity index (χ1) is 9.31. The summed E-state index contributed by atoms with van der Waals surface area (Å²) in [6, 6.07) is 9.38. The van der Waals surface area contributed by atoms with Gasteiger partial charge >= 0.3 is 0 Å². The topological polar surface area (TPSA) is 0 Å². The lowest BCUT2D eigenvalue weighted by atomic mass is 9.87. The molecule has 0 unspecified atom stereocenters. The highest BCUT2D eigenvalue weighted by atomic mass is 14.2. The quantitative estimate of drug-likeness (QED) is 0.655. The van der Waals surface area contributed by atoms with Crippen molar-refractivity contribution in [2.45, 2.75) is 54.4 Å². The predicted molar refractivity (Wildman–Crippen MR) is 88.8 cm³/mol. The molecule has 0 amide bonds. The molecule has 20 heavy (non-hydrogen) atoms. The van der Waals surface area contributed by atoms with Crippen molar-refractivity contribution < 1.29 is 0 Å². The fourth-order valence-electron chi connectivity index (χ4n) is 2.83. The molecule has 0 aliphatic heterocycles. The van der Waals surface area contributed by atoms with E-state index in [9.17, 15) is 0 Å². The third-order valence-corrected chi connectivity index (χ3v) is 4.90. The first-order valence-electron chi connectivity index (χ1n) is 7.46. The van der Waals surface area contributed by atoms with Gasteiger partial charge in [0.1, 0.15) is 0 Å². The SMILES string of the molecule is Cc1cc(C(C)c2cc(C)c(C)c(C)c2)cc(C)c1C. The van der Waals surface area contributed by atoms with E-state index in [4.69, 9.17) is 0 Å². The Morgan fingerprint density at radius 3 is 1.05 bits per heavy atom. The van der Waals surface area contributed by atoms with Crippen LogP contribution in [0.5, 0.6) is 0 Å². The minimum absolute atomic E-state index is 0.450. The average molecular weight is 266 g/mol. The zero-order chi connectivity index (χ0) is 15.0. The molecule has 0 heterocycles. The maximum absolute atomic E-state index is 2.34. The van der Waals surface area contributed by atoms with Crippen LogP contribution in [0, 0.1) is 41.5 Å². The van der Waals surface area contributed by atoms with Crippen molar-refractivity contribution in [1.29, 1.82) is 0 Å². The molecule has 0 aliphatic rings. The van der Waals surface area contributed by atoms with Crippen LogP contribution < -0.4 is 0 Å². The van der Waals surface area contributed by atoms with E-state index in [1.165, 1.54) is 44.5 Å². The molecule has 2 aromatic rings. The fraction of sp³-hybridized carbons (Fsp3) is 0.400. The van der Waals surface area contributed by atoms with Gasteiger partial charge in [-0.1, -0.05) is 31.2 Å². The third kappa shape index (κ3) is 2.65. The molecule has 0 nitrogen and oxygen atoms in total. The summed E-state index contributed by atoms with van der Waals surface area (Å²) in [5.41, 5.74) is 11.3. The van der Waals surface area contributed by atoms with Crippen molar-refractivity contribution in [3.63, 3.8) is 0 Å². The number of hydrogen-bond acceptors (Lipinski definition) is 0. The van der Waals surface area contributed by atoms with E-state index in [2.05, 4.69) is 72.7 Å². The number of hydrogen-bond donors (Lipinski definition) is 0. The minimum Gasteiger partial charge on any atom is -0.0552 e. The Labute approximate surface area is 123 Å². The second-order valence-electron chi connectivity index (χ2n) is 6.28. The lowest BCUT2D eigenvalue weighted by Gasteiger charge is -2.18. The summed E-state index contributed by atoms with van der Waals surface area (Å²) in [6.07, 6.45) is 0. The number of aryl methyl sites for hydroxylation is 4. The summed E-state index contributed by atoms with van der Waals surface area (Å²) in [7, 11) is 0. The Hall–Kier alpha value is -1.56. The van der Waals surface area contributed by atoms with Crippen LogP contribution in [-0.2, 0) is 0 Å². The molecule has 0 spiro atoms. The van der Waals surface area contributed by atoms with Crippen molar-refractivity contribution in [3.8, 4) is 0 Å². The standard InChI is InChI=1S/C20H26/c1-12-8-19(9-13(2)16(12)5)18(7)20-10-14(3)17(6)15(4)11-20/h8-11,18H,1-7H3. The molecule has 2 aromatic carbocycles. The molecule has 0 saturated carbocycles. The van der Waals surface area contributed by atoms with E-state index in [0.717, 1.165) is 0 Å². The molecule has 0 radical (unpaired) electrons. The Morgan fingerprint density at radius 1 is 0.550 bits per heavy atom. The average Bonchev–Trinajstić information content (AvgIpc) is 2.40. The lowest BCUT2D eigenvalue weighted by molar-refractivity contribution is 0.908. The maximum Gasteiger partial charge on any atom is 0.00614 e. The van der Waals surface area contributed by atoms with Gasteiger partial charge in [-0.15, -0.1) is 0 Å². The van der Waals surface area contributed by atoms with Gasteiger partial charge < -0.3 is 0 Å². The van der Waals surface area contributed by atoms with Crippen LogP contribution >= 0.6 is 0 Å². The van der Waals surface area contributed by atoms with Crippen molar-refractivity contribution >= 4 is 0 Å². The summed E-state index contributed by atoms with van der Waals surface area (Å²) >= 11 is 0. The summed E-state index contributed by atoms with van der Waals surface area (Å²) in [5, 5.41) is 0. The summed E-state index contributed by atoms with van der Waals surface area (Å²) in [5.74, 6) is 0.450. The summed E-state index contributed by atoms with van der Waals surface area (Å²) in [6.45, 7) is 15.6. The molecule has 0 aromatic heterocycles. The lowest BCUT2D eigenvalue weighted by Crippen LogP contribution is -2.01. The highest BCUT2D eigenvalue weighted by molar-refractivity contribution is 5.44. The highest BCUT2D eigenvalue weighted by Gasteiger charge is 2.12.